The summed E-state index contributed by atoms with van der Waals surface area (Å²) in [5.74, 6) is -0.375. The van der Waals surface area contributed by atoms with E-state index < -0.39 is 11.7 Å². The van der Waals surface area contributed by atoms with E-state index in [1.54, 1.807) is 0 Å². The Labute approximate surface area is 149 Å². The van der Waals surface area contributed by atoms with Crippen LogP contribution in [-0.4, -0.2) is 17.7 Å². The number of carbonyl (C=O) groups excluding carboxylic acids is 1. The molecule has 1 atom stereocenters. The van der Waals surface area contributed by atoms with Crippen molar-refractivity contribution in [1.29, 1.82) is 0 Å². The lowest BCUT2D eigenvalue weighted by Crippen LogP contribution is -2.32. The largest absolute Gasteiger partial charge is 0.457 e. The fourth-order valence-corrected chi connectivity index (χ4v) is 3.93. The molecule has 0 saturated heterocycles. The van der Waals surface area contributed by atoms with Gasteiger partial charge in [0.1, 0.15) is 6.26 Å². The number of fused-ring (bicyclic) bond motifs is 1. The van der Waals surface area contributed by atoms with Crippen molar-refractivity contribution in [3.8, 4) is 0 Å². The van der Waals surface area contributed by atoms with Crippen LogP contribution < -0.4 is 4.90 Å². The second-order valence-electron chi connectivity index (χ2n) is 5.49. The zero-order valence-electron chi connectivity index (χ0n) is 12.6. The van der Waals surface area contributed by atoms with Crippen molar-refractivity contribution in [2.45, 2.75) is 29.7 Å². The molecule has 0 bridgehead atoms. The molecule has 1 aliphatic heterocycles. The second kappa shape index (κ2) is 6.48. The minimum absolute atomic E-state index is 0.203. The number of amides is 1. The molecule has 1 aromatic carbocycles. The summed E-state index contributed by atoms with van der Waals surface area (Å²) in [7, 11) is 0. The summed E-state index contributed by atoms with van der Waals surface area (Å²) in [5.41, 5.74) is -0.172. The number of alkyl halides is 3. The molecule has 1 unspecified atom stereocenters. The second-order valence-corrected chi connectivity index (χ2v) is 7.76. The van der Waals surface area contributed by atoms with E-state index in [-0.39, 0.29) is 11.2 Å². The van der Waals surface area contributed by atoms with Gasteiger partial charge in [0, 0.05) is 22.8 Å². The summed E-state index contributed by atoms with van der Waals surface area (Å²) in [6.07, 6.45) is -2.47. The first-order valence-corrected chi connectivity index (χ1v) is 8.87. The van der Waals surface area contributed by atoms with E-state index in [9.17, 15) is 18.0 Å². The van der Waals surface area contributed by atoms with Crippen molar-refractivity contribution in [2.75, 3.05) is 11.4 Å². The fourth-order valence-electron chi connectivity index (χ4n) is 2.50. The van der Waals surface area contributed by atoms with Gasteiger partial charge >= 0.3 is 6.18 Å². The maximum atomic E-state index is 13.1. The van der Waals surface area contributed by atoms with Gasteiger partial charge in [0.2, 0.25) is 0 Å². The van der Waals surface area contributed by atoms with Gasteiger partial charge < -0.3 is 9.32 Å². The van der Waals surface area contributed by atoms with Gasteiger partial charge in [0.25, 0.3) is 5.91 Å². The van der Waals surface area contributed by atoms with Crippen LogP contribution in [0.4, 0.5) is 18.9 Å². The molecule has 2 aromatic rings. The Hall–Kier alpha value is -1.41. The normalized spacial score (nSPS) is 18.2. The summed E-state index contributed by atoms with van der Waals surface area (Å²) < 4.78 is 44.7. The van der Waals surface area contributed by atoms with E-state index in [4.69, 9.17) is 4.42 Å². The molecular formula is C16H13BrF3NO2S. The summed E-state index contributed by atoms with van der Waals surface area (Å²) in [6.45, 7) is 2.35. The highest BCUT2D eigenvalue weighted by molar-refractivity contribution is 9.10. The zero-order chi connectivity index (χ0) is 17.5. The minimum Gasteiger partial charge on any atom is -0.457 e. The highest BCUT2D eigenvalue weighted by Crippen LogP contribution is 2.41. The van der Waals surface area contributed by atoms with E-state index in [2.05, 4.69) is 15.9 Å². The lowest BCUT2D eigenvalue weighted by atomic mass is 10.1. The molecule has 0 radical (unpaired) electrons. The first-order chi connectivity index (χ1) is 11.3. The molecule has 1 aliphatic rings. The van der Waals surface area contributed by atoms with Gasteiger partial charge in [-0.2, -0.15) is 13.2 Å². The molecular weight excluding hydrogens is 407 g/mol. The van der Waals surface area contributed by atoms with Crippen molar-refractivity contribution in [1.82, 2.24) is 0 Å². The highest BCUT2D eigenvalue weighted by Gasteiger charge is 2.33. The van der Waals surface area contributed by atoms with Gasteiger partial charge in [0.05, 0.1) is 16.8 Å². The Kier molecular flexibility index (Phi) is 4.70. The fraction of sp³-hybridized carbons (Fsp3) is 0.312. The number of anilines is 1. The molecule has 1 amide bonds. The molecule has 2 heterocycles. The molecule has 0 aliphatic carbocycles. The number of benzene rings is 1. The number of rotatable bonds is 1. The Bertz CT molecular complexity index is 775. The third-order valence-corrected chi connectivity index (χ3v) is 5.38. The van der Waals surface area contributed by atoms with E-state index in [1.165, 1.54) is 35.1 Å². The average molecular weight is 420 g/mol. The molecule has 3 nitrogen and oxygen atoms in total. The standard InChI is InChI=1S/C16H13BrF3NO2S/c1-9-4-5-21(15(22)10-6-14(17)23-8-10)12-7-11(16(18,19)20)2-3-13(12)24-9/h2-3,6-9H,4-5H2,1H3. The Morgan fingerprint density at radius 2 is 2.12 bits per heavy atom. The number of hydrogen-bond donors (Lipinski definition) is 0. The number of thioether (sulfide) groups is 1. The summed E-state index contributed by atoms with van der Waals surface area (Å²) >= 11 is 4.61. The third kappa shape index (κ3) is 3.49. The van der Waals surface area contributed by atoms with Crippen molar-refractivity contribution in [3.63, 3.8) is 0 Å². The van der Waals surface area contributed by atoms with Crippen LogP contribution in [0.25, 0.3) is 0 Å². The predicted octanol–water partition coefficient (Wildman–Crippen LogP) is 5.59. The lowest BCUT2D eigenvalue weighted by molar-refractivity contribution is -0.137. The molecule has 0 saturated carbocycles. The van der Waals surface area contributed by atoms with Crippen LogP contribution in [-0.2, 0) is 6.18 Å². The van der Waals surface area contributed by atoms with Gasteiger partial charge in [-0.15, -0.1) is 11.8 Å². The molecule has 128 valence electrons. The van der Waals surface area contributed by atoms with Crippen LogP contribution in [0, 0.1) is 0 Å². The van der Waals surface area contributed by atoms with Crippen molar-refractivity contribution < 1.29 is 22.4 Å². The lowest BCUT2D eigenvalue weighted by Gasteiger charge is -2.23. The van der Waals surface area contributed by atoms with E-state index >= 15 is 0 Å². The quantitative estimate of drug-likeness (QED) is 0.603. The molecule has 0 fully saturated rings. The Balaban J connectivity index is 2.06. The summed E-state index contributed by atoms with van der Waals surface area (Å²) in [5, 5.41) is 0.203. The molecule has 0 N–H and O–H groups in total. The van der Waals surface area contributed by atoms with Gasteiger partial charge in [0.15, 0.2) is 4.67 Å². The van der Waals surface area contributed by atoms with Gasteiger partial charge in [-0.05, 0) is 40.5 Å². The Morgan fingerprint density at radius 1 is 1.38 bits per heavy atom. The minimum atomic E-state index is -4.45. The van der Waals surface area contributed by atoms with Crippen LogP contribution in [0.3, 0.4) is 0 Å². The average Bonchev–Trinajstić information content (AvgIpc) is 2.86. The Morgan fingerprint density at radius 3 is 2.75 bits per heavy atom. The zero-order valence-corrected chi connectivity index (χ0v) is 15.0. The predicted molar refractivity (Wildman–Crippen MR) is 89.5 cm³/mol. The van der Waals surface area contributed by atoms with E-state index in [1.807, 2.05) is 6.92 Å². The van der Waals surface area contributed by atoms with Crippen molar-refractivity contribution in [2.24, 2.45) is 0 Å². The monoisotopic (exact) mass is 419 g/mol. The number of halogens is 4. The first kappa shape index (κ1) is 17.4. The third-order valence-electron chi connectivity index (χ3n) is 3.72. The first-order valence-electron chi connectivity index (χ1n) is 7.19. The number of furan rings is 1. The van der Waals surface area contributed by atoms with Crippen LogP contribution in [0.1, 0.15) is 29.3 Å². The SMILES string of the molecule is CC1CCN(C(=O)c2coc(Br)c2)c2cc(C(F)(F)F)ccc2S1. The number of hydrogen-bond acceptors (Lipinski definition) is 3. The molecule has 24 heavy (non-hydrogen) atoms. The summed E-state index contributed by atoms with van der Waals surface area (Å²) in [6, 6.07) is 5.06. The molecule has 3 rings (SSSR count). The molecule has 8 heteroatoms. The number of carbonyl (C=O) groups is 1. The summed E-state index contributed by atoms with van der Waals surface area (Å²) in [4.78, 5) is 14.8. The van der Waals surface area contributed by atoms with E-state index in [0.29, 0.717) is 33.8 Å². The smallest absolute Gasteiger partial charge is 0.416 e. The number of nitrogens with zero attached hydrogens (tertiary/aromatic N) is 1. The van der Waals surface area contributed by atoms with Crippen molar-refractivity contribution >= 4 is 39.3 Å². The molecule has 0 spiro atoms. The maximum absolute atomic E-state index is 13.1. The van der Waals surface area contributed by atoms with Crippen LogP contribution in [0.2, 0.25) is 0 Å². The van der Waals surface area contributed by atoms with Gasteiger partial charge in [-0.25, -0.2) is 0 Å². The van der Waals surface area contributed by atoms with Crippen LogP contribution in [0.5, 0.6) is 0 Å². The van der Waals surface area contributed by atoms with Crippen LogP contribution >= 0.6 is 27.7 Å². The van der Waals surface area contributed by atoms with Gasteiger partial charge in [-0.3, -0.25) is 4.79 Å². The maximum Gasteiger partial charge on any atom is 0.416 e. The highest BCUT2D eigenvalue weighted by atomic mass is 79.9. The van der Waals surface area contributed by atoms with Crippen LogP contribution in [0.15, 0.2) is 44.5 Å². The molecule has 1 aromatic heterocycles. The van der Waals surface area contributed by atoms with Gasteiger partial charge in [-0.1, -0.05) is 6.92 Å². The topological polar surface area (TPSA) is 33.5 Å². The van der Waals surface area contributed by atoms with Crippen molar-refractivity contribution in [3.05, 3.63) is 46.3 Å². The van der Waals surface area contributed by atoms with E-state index in [0.717, 1.165) is 12.1 Å².